The van der Waals surface area contributed by atoms with E-state index in [4.69, 9.17) is 0 Å². The lowest BCUT2D eigenvalue weighted by molar-refractivity contribution is 0.279. The Labute approximate surface area is 122 Å². The van der Waals surface area contributed by atoms with Gasteiger partial charge >= 0.3 is 0 Å². The lowest BCUT2D eigenvalue weighted by Crippen LogP contribution is -2.13. The maximum Gasteiger partial charge on any atom is -0.0381 e. The van der Waals surface area contributed by atoms with Crippen molar-refractivity contribution in [2.24, 2.45) is 41.4 Å². The quantitative estimate of drug-likeness (QED) is 0.554. The Kier molecular flexibility index (Phi) is 6.91. The van der Waals surface area contributed by atoms with E-state index in [1.807, 2.05) is 13.8 Å². The Bertz CT molecular complexity index is 242. The van der Waals surface area contributed by atoms with Crippen LogP contribution in [0.1, 0.15) is 80.6 Å². The van der Waals surface area contributed by atoms with E-state index in [9.17, 15) is 0 Å². The zero-order valence-corrected chi connectivity index (χ0v) is 14.6. The summed E-state index contributed by atoms with van der Waals surface area (Å²) in [7, 11) is 0. The van der Waals surface area contributed by atoms with Crippen molar-refractivity contribution in [3.8, 4) is 0 Å². The molecule has 0 N–H and O–H groups in total. The van der Waals surface area contributed by atoms with E-state index in [0.29, 0.717) is 0 Å². The molecule has 6 unspecified atom stereocenters. The summed E-state index contributed by atoms with van der Waals surface area (Å²) in [5, 5.41) is 0. The van der Waals surface area contributed by atoms with E-state index in [1.165, 1.54) is 25.7 Å². The molecule has 0 amide bonds. The SMILES string of the molecule is CC.CC(C)C1CCC(CC2CC(C)C(C)C2C)C1. The third-order valence-corrected chi connectivity index (χ3v) is 6.31. The zero-order valence-electron chi connectivity index (χ0n) is 14.6. The second kappa shape index (κ2) is 7.70. The van der Waals surface area contributed by atoms with Gasteiger partial charge in [0.15, 0.2) is 0 Å². The topological polar surface area (TPSA) is 0 Å². The summed E-state index contributed by atoms with van der Waals surface area (Å²) in [5.74, 6) is 6.95. The van der Waals surface area contributed by atoms with Gasteiger partial charge in [-0.15, -0.1) is 0 Å². The first-order chi connectivity index (χ1) is 8.99. The summed E-state index contributed by atoms with van der Waals surface area (Å²) in [6.45, 7) is 16.3. The standard InChI is InChI=1S/C17H32.C2H6/c1-11(2)16-7-6-15(9-16)10-17-8-12(3)13(4)14(17)5;1-2/h11-17H,6-10H2,1-5H3;1-2H3. The Morgan fingerprint density at radius 3 is 1.95 bits per heavy atom. The Morgan fingerprint density at radius 1 is 0.895 bits per heavy atom. The number of rotatable bonds is 3. The minimum atomic E-state index is 0.916. The first-order valence-corrected chi connectivity index (χ1v) is 8.99. The molecule has 19 heavy (non-hydrogen) atoms. The van der Waals surface area contributed by atoms with Gasteiger partial charge in [0.2, 0.25) is 0 Å². The average Bonchev–Trinajstić information content (AvgIpc) is 2.95. The zero-order chi connectivity index (χ0) is 14.6. The van der Waals surface area contributed by atoms with Crippen LogP contribution in [0.3, 0.4) is 0 Å². The van der Waals surface area contributed by atoms with Crippen LogP contribution in [0.25, 0.3) is 0 Å². The lowest BCUT2D eigenvalue weighted by Gasteiger charge is -2.22. The first kappa shape index (κ1) is 17.1. The van der Waals surface area contributed by atoms with Gasteiger partial charge in [0.25, 0.3) is 0 Å². The van der Waals surface area contributed by atoms with E-state index in [-0.39, 0.29) is 0 Å². The Hall–Kier alpha value is 0. The van der Waals surface area contributed by atoms with Crippen LogP contribution in [0, 0.1) is 41.4 Å². The van der Waals surface area contributed by atoms with Crippen LogP contribution in [-0.2, 0) is 0 Å². The van der Waals surface area contributed by atoms with Crippen LogP contribution in [0.5, 0.6) is 0 Å². The van der Waals surface area contributed by atoms with E-state index in [2.05, 4.69) is 34.6 Å². The largest absolute Gasteiger partial charge is 0.0683 e. The van der Waals surface area contributed by atoms with Crippen LogP contribution >= 0.6 is 0 Å². The van der Waals surface area contributed by atoms with Crippen LogP contribution in [0.15, 0.2) is 0 Å². The second-order valence-corrected chi connectivity index (χ2v) is 7.61. The van der Waals surface area contributed by atoms with Gasteiger partial charge in [0.1, 0.15) is 0 Å². The van der Waals surface area contributed by atoms with E-state index < -0.39 is 0 Å². The van der Waals surface area contributed by atoms with Crippen molar-refractivity contribution in [1.29, 1.82) is 0 Å². The van der Waals surface area contributed by atoms with Crippen molar-refractivity contribution in [1.82, 2.24) is 0 Å². The minimum Gasteiger partial charge on any atom is -0.0683 e. The molecule has 0 radical (unpaired) electrons. The van der Waals surface area contributed by atoms with Crippen molar-refractivity contribution in [3.63, 3.8) is 0 Å². The van der Waals surface area contributed by atoms with Crippen molar-refractivity contribution < 1.29 is 0 Å². The molecular formula is C19H38. The van der Waals surface area contributed by atoms with Gasteiger partial charge in [-0.05, 0) is 67.1 Å². The molecule has 0 nitrogen and oxygen atoms in total. The van der Waals surface area contributed by atoms with Gasteiger partial charge in [-0.2, -0.15) is 0 Å². The minimum absolute atomic E-state index is 0.916. The molecule has 2 fully saturated rings. The van der Waals surface area contributed by atoms with Gasteiger partial charge in [0, 0.05) is 0 Å². The molecule has 0 aromatic rings. The van der Waals surface area contributed by atoms with Gasteiger partial charge in [0.05, 0.1) is 0 Å². The highest BCUT2D eigenvalue weighted by Crippen LogP contribution is 2.47. The van der Waals surface area contributed by atoms with E-state index in [1.54, 1.807) is 6.42 Å². The average molecular weight is 267 g/mol. The lowest BCUT2D eigenvalue weighted by atomic mass is 9.83. The van der Waals surface area contributed by atoms with Gasteiger partial charge in [-0.25, -0.2) is 0 Å². The monoisotopic (exact) mass is 266 g/mol. The first-order valence-electron chi connectivity index (χ1n) is 8.99. The molecule has 0 saturated heterocycles. The maximum absolute atomic E-state index is 2.51. The summed E-state index contributed by atoms with van der Waals surface area (Å²) in [6.07, 6.45) is 7.61. The molecule has 0 aromatic carbocycles. The molecule has 0 bridgehead atoms. The molecule has 2 rings (SSSR count). The third-order valence-electron chi connectivity index (χ3n) is 6.31. The highest BCUT2D eigenvalue weighted by atomic mass is 14.4. The van der Waals surface area contributed by atoms with Crippen LogP contribution < -0.4 is 0 Å². The number of hydrogen-bond donors (Lipinski definition) is 0. The fourth-order valence-electron chi connectivity index (χ4n) is 4.53. The Morgan fingerprint density at radius 2 is 1.53 bits per heavy atom. The molecule has 0 aromatic heterocycles. The summed E-state index contributed by atoms with van der Waals surface area (Å²) >= 11 is 0. The predicted octanol–water partition coefficient (Wildman–Crippen LogP) is 6.40. The molecule has 0 aliphatic heterocycles. The molecular weight excluding hydrogens is 228 g/mol. The van der Waals surface area contributed by atoms with Crippen LogP contribution in [0.2, 0.25) is 0 Å². The highest BCUT2D eigenvalue weighted by Gasteiger charge is 2.37. The van der Waals surface area contributed by atoms with Crippen molar-refractivity contribution >= 4 is 0 Å². The molecule has 0 heterocycles. The van der Waals surface area contributed by atoms with E-state index >= 15 is 0 Å². The fourth-order valence-corrected chi connectivity index (χ4v) is 4.53. The fraction of sp³-hybridized carbons (Fsp3) is 1.00. The highest BCUT2D eigenvalue weighted by molar-refractivity contribution is 4.87. The summed E-state index contributed by atoms with van der Waals surface area (Å²) in [4.78, 5) is 0. The summed E-state index contributed by atoms with van der Waals surface area (Å²) < 4.78 is 0. The maximum atomic E-state index is 2.51. The van der Waals surface area contributed by atoms with E-state index in [0.717, 1.165) is 41.4 Å². The van der Waals surface area contributed by atoms with Crippen molar-refractivity contribution in [2.75, 3.05) is 0 Å². The van der Waals surface area contributed by atoms with Gasteiger partial charge < -0.3 is 0 Å². The normalized spacial score (nSPS) is 42.3. The molecule has 114 valence electrons. The second-order valence-electron chi connectivity index (χ2n) is 7.61. The molecule has 0 spiro atoms. The van der Waals surface area contributed by atoms with Crippen molar-refractivity contribution in [2.45, 2.75) is 80.6 Å². The Balaban J connectivity index is 0.000000861. The van der Waals surface area contributed by atoms with Crippen LogP contribution in [-0.4, -0.2) is 0 Å². The summed E-state index contributed by atoms with van der Waals surface area (Å²) in [6, 6.07) is 0. The predicted molar refractivity (Wildman–Crippen MR) is 87.2 cm³/mol. The third kappa shape index (κ3) is 4.23. The smallest absolute Gasteiger partial charge is 0.0381 e. The van der Waals surface area contributed by atoms with Gasteiger partial charge in [-0.1, -0.05) is 54.9 Å². The molecule has 2 aliphatic rings. The summed E-state index contributed by atoms with van der Waals surface area (Å²) in [5.41, 5.74) is 0. The number of hydrogen-bond acceptors (Lipinski definition) is 0. The molecule has 0 heteroatoms. The van der Waals surface area contributed by atoms with Gasteiger partial charge in [-0.3, -0.25) is 0 Å². The molecule has 2 saturated carbocycles. The van der Waals surface area contributed by atoms with Crippen molar-refractivity contribution in [3.05, 3.63) is 0 Å². The van der Waals surface area contributed by atoms with Crippen LogP contribution in [0.4, 0.5) is 0 Å². The molecule has 2 aliphatic carbocycles. The molecule has 6 atom stereocenters.